The lowest BCUT2D eigenvalue weighted by Crippen LogP contribution is -2.61. The van der Waals surface area contributed by atoms with Crippen molar-refractivity contribution < 1.29 is 9.53 Å². The maximum Gasteiger partial charge on any atom is 0.222 e. The number of carbonyl (C=O) groups excluding carboxylic acids is 1. The second-order valence-corrected chi connectivity index (χ2v) is 11.2. The normalized spacial score (nSPS) is 44.1. The smallest absolute Gasteiger partial charge is 0.222 e. The molecule has 1 amide bonds. The van der Waals surface area contributed by atoms with Gasteiger partial charge in [0.25, 0.3) is 0 Å². The molecule has 3 aliphatic carbocycles. The van der Waals surface area contributed by atoms with E-state index < -0.39 is 0 Å². The zero-order valence-electron chi connectivity index (χ0n) is 18.0. The van der Waals surface area contributed by atoms with Crippen LogP contribution in [-0.2, 0) is 4.79 Å². The fourth-order valence-electron chi connectivity index (χ4n) is 7.94. The zero-order valence-corrected chi connectivity index (χ0v) is 18.8. The van der Waals surface area contributed by atoms with Crippen LogP contribution >= 0.6 is 11.6 Å². The van der Waals surface area contributed by atoms with E-state index in [1.165, 1.54) is 38.5 Å². The number of nitrogens with zero attached hydrogens (tertiary/aromatic N) is 1. The van der Waals surface area contributed by atoms with E-state index in [1.54, 1.807) is 0 Å². The van der Waals surface area contributed by atoms with Crippen LogP contribution in [0.2, 0.25) is 5.02 Å². The highest BCUT2D eigenvalue weighted by Crippen LogP contribution is 2.64. The Labute approximate surface area is 180 Å². The Hall–Kier alpha value is -1.22. The lowest BCUT2D eigenvalue weighted by atomic mass is 9.47. The molecule has 4 aliphatic rings. The number of fused-ring (bicyclic) bond motifs is 5. The molecule has 0 radical (unpaired) electrons. The maximum atomic E-state index is 12.3. The number of amides is 1. The van der Waals surface area contributed by atoms with Gasteiger partial charge in [0, 0.05) is 24.5 Å². The first-order valence-electron chi connectivity index (χ1n) is 11.5. The first-order valence-corrected chi connectivity index (χ1v) is 11.9. The van der Waals surface area contributed by atoms with E-state index in [9.17, 15) is 4.79 Å². The van der Waals surface area contributed by atoms with Gasteiger partial charge in [-0.3, -0.25) is 4.79 Å². The molecule has 7 atom stereocenters. The molecule has 4 fully saturated rings. The van der Waals surface area contributed by atoms with Gasteiger partial charge in [-0.25, -0.2) is 0 Å². The van der Waals surface area contributed by atoms with Gasteiger partial charge >= 0.3 is 0 Å². The molecule has 0 spiro atoms. The molecule has 3 saturated carbocycles. The van der Waals surface area contributed by atoms with E-state index in [2.05, 4.69) is 18.7 Å². The molecule has 1 heterocycles. The van der Waals surface area contributed by atoms with Gasteiger partial charge in [0.05, 0.1) is 6.10 Å². The minimum absolute atomic E-state index is 0.294. The van der Waals surface area contributed by atoms with Crippen molar-refractivity contribution in [3.8, 4) is 5.75 Å². The van der Waals surface area contributed by atoms with Gasteiger partial charge < -0.3 is 9.64 Å². The predicted molar refractivity (Wildman–Crippen MR) is 116 cm³/mol. The van der Waals surface area contributed by atoms with Gasteiger partial charge in [0.15, 0.2) is 0 Å². The van der Waals surface area contributed by atoms with Crippen LogP contribution in [0.1, 0.15) is 65.2 Å². The third-order valence-electron chi connectivity index (χ3n) is 9.40. The quantitative estimate of drug-likeness (QED) is 0.597. The molecular formula is C25H34ClNO2. The highest BCUT2D eigenvalue weighted by Gasteiger charge is 2.60. The molecular weight excluding hydrogens is 382 g/mol. The second-order valence-electron chi connectivity index (χ2n) is 10.8. The topological polar surface area (TPSA) is 29.5 Å². The van der Waals surface area contributed by atoms with Crippen LogP contribution in [-0.4, -0.2) is 30.0 Å². The fraction of sp³-hybridized carbons (Fsp3) is 0.720. The molecule has 3 nitrogen and oxygen atoms in total. The number of hydrogen-bond donors (Lipinski definition) is 0. The van der Waals surface area contributed by atoms with Gasteiger partial charge in [0.2, 0.25) is 5.91 Å². The summed E-state index contributed by atoms with van der Waals surface area (Å²) in [5.41, 5.74) is 0.694. The Balaban J connectivity index is 1.35. The van der Waals surface area contributed by atoms with Crippen LogP contribution in [0.5, 0.6) is 5.75 Å². The number of likely N-dealkylation sites (tertiary alicyclic amines) is 1. The zero-order chi connectivity index (χ0) is 20.4. The number of carbonyl (C=O) groups is 1. The molecule has 0 bridgehead atoms. The molecule has 158 valence electrons. The SMILES string of the molecule is CN1C(=O)CC[C@]2(C)C3CC[C@]4(C)C[C@@H](Oc5ccc(Cl)cc5)CC4C3CCC12. The Kier molecular flexibility index (Phi) is 4.70. The summed E-state index contributed by atoms with van der Waals surface area (Å²) in [6, 6.07) is 8.27. The van der Waals surface area contributed by atoms with E-state index in [-0.39, 0.29) is 0 Å². The van der Waals surface area contributed by atoms with Crippen LogP contribution < -0.4 is 4.74 Å². The fourth-order valence-corrected chi connectivity index (χ4v) is 8.07. The third-order valence-corrected chi connectivity index (χ3v) is 9.65. The summed E-state index contributed by atoms with van der Waals surface area (Å²) in [5.74, 6) is 3.59. The van der Waals surface area contributed by atoms with Gasteiger partial charge in [-0.15, -0.1) is 0 Å². The van der Waals surface area contributed by atoms with Crippen molar-refractivity contribution in [3.05, 3.63) is 29.3 Å². The Morgan fingerprint density at radius 3 is 2.59 bits per heavy atom. The van der Waals surface area contributed by atoms with E-state index in [4.69, 9.17) is 16.3 Å². The molecule has 1 saturated heterocycles. The van der Waals surface area contributed by atoms with Crippen LogP contribution in [0.15, 0.2) is 24.3 Å². The Morgan fingerprint density at radius 2 is 1.83 bits per heavy atom. The van der Waals surface area contributed by atoms with Crippen molar-refractivity contribution in [3.63, 3.8) is 0 Å². The van der Waals surface area contributed by atoms with E-state index in [0.29, 0.717) is 28.9 Å². The summed E-state index contributed by atoms with van der Waals surface area (Å²) in [6.07, 6.45) is 9.54. The van der Waals surface area contributed by atoms with Crippen LogP contribution in [0.25, 0.3) is 0 Å². The van der Waals surface area contributed by atoms with E-state index >= 15 is 0 Å². The lowest BCUT2D eigenvalue weighted by molar-refractivity contribution is -0.156. The maximum absolute atomic E-state index is 12.3. The van der Waals surface area contributed by atoms with Gasteiger partial charge in [-0.2, -0.15) is 0 Å². The van der Waals surface area contributed by atoms with Crippen LogP contribution in [0.3, 0.4) is 0 Å². The average molecular weight is 416 g/mol. The molecule has 5 rings (SSSR count). The Bertz CT molecular complexity index is 795. The summed E-state index contributed by atoms with van der Waals surface area (Å²) in [6.45, 7) is 5.01. The van der Waals surface area contributed by atoms with Gasteiger partial charge in [-0.05, 0) is 97.8 Å². The molecule has 4 unspecified atom stereocenters. The van der Waals surface area contributed by atoms with Crippen molar-refractivity contribution >= 4 is 17.5 Å². The van der Waals surface area contributed by atoms with E-state index in [1.807, 2.05) is 31.3 Å². The van der Waals surface area contributed by atoms with Gasteiger partial charge in [-0.1, -0.05) is 25.4 Å². The predicted octanol–water partition coefficient (Wildman–Crippen LogP) is 5.95. The minimum atomic E-state index is 0.294. The first kappa shape index (κ1) is 19.7. The summed E-state index contributed by atoms with van der Waals surface area (Å²) < 4.78 is 6.42. The Morgan fingerprint density at radius 1 is 1.07 bits per heavy atom. The number of benzene rings is 1. The first-order chi connectivity index (χ1) is 13.8. The average Bonchev–Trinajstić information content (AvgIpc) is 3.03. The number of hydrogen-bond acceptors (Lipinski definition) is 2. The summed E-state index contributed by atoms with van der Waals surface area (Å²) in [5, 5.41) is 0.758. The minimum Gasteiger partial charge on any atom is -0.490 e. The molecule has 0 N–H and O–H groups in total. The highest BCUT2D eigenvalue weighted by molar-refractivity contribution is 6.30. The van der Waals surface area contributed by atoms with Crippen molar-refractivity contribution in [2.24, 2.45) is 28.6 Å². The number of ether oxygens (including phenoxy) is 1. The monoisotopic (exact) mass is 415 g/mol. The summed E-state index contributed by atoms with van der Waals surface area (Å²) in [4.78, 5) is 14.4. The number of piperidine rings is 1. The summed E-state index contributed by atoms with van der Waals surface area (Å²) in [7, 11) is 2.04. The van der Waals surface area contributed by atoms with Crippen molar-refractivity contribution in [1.82, 2.24) is 4.90 Å². The third kappa shape index (κ3) is 3.10. The van der Waals surface area contributed by atoms with Crippen LogP contribution in [0, 0.1) is 28.6 Å². The van der Waals surface area contributed by atoms with Gasteiger partial charge in [0.1, 0.15) is 5.75 Å². The molecule has 29 heavy (non-hydrogen) atoms. The molecule has 1 aliphatic heterocycles. The number of rotatable bonds is 2. The van der Waals surface area contributed by atoms with E-state index in [0.717, 1.165) is 41.4 Å². The highest BCUT2D eigenvalue weighted by atomic mass is 35.5. The standard InChI is InChI=1S/C25H34ClNO2/c1-24-12-10-20-19(8-9-22-25(20,2)13-11-23(28)27(22)3)21(24)14-18(15-24)29-17-6-4-16(26)5-7-17/h4-7,18-22H,8-15H2,1-3H3/t18-,19?,20?,21?,22?,24+,25+/m0/s1. The molecule has 4 heteroatoms. The molecule has 0 aromatic heterocycles. The van der Waals surface area contributed by atoms with Crippen molar-refractivity contribution in [2.75, 3.05) is 7.05 Å². The molecule has 1 aromatic rings. The van der Waals surface area contributed by atoms with Crippen LogP contribution in [0.4, 0.5) is 0 Å². The van der Waals surface area contributed by atoms with Crippen molar-refractivity contribution in [1.29, 1.82) is 0 Å². The number of halogens is 1. The largest absolute Gasteiger partial charge is 0.490 e. The second kappa shape index (κ2) is 6.90. The summed E-state index contributed by atoms with van der Waals surface area (Å²) >= 11 is 6.03. The molecule has 1 aromatic carbocycles. The lowest BCUT2D eigenvalue weighted by Gasteiger charge is -2.61. The van der Waals surface area contributed by atoms with Crippen molar-refractivity contribution in [2.45, 2.75) is 77.4 Å².